The highest BCUT2D eigenvalue weighted by Gasteiger charge is 2.16. The van der Waals surface area contributed by atoms with E-state index in [1.54, 1.807) is 0 Å². The number of rotatable bonds is 4. The lowest BCUT2D eigenvalue weighted by Gasteiger charge is -2.20. The van der Waals surface area contributed by atoms with Crippen LogP contribution >= 0.6 is 0 Å². The van der Waals surface area contributed by atoms with Crippen molar-refractivity contribution in [2.75, 3.05) is 18.6 Å². The number of hydrogen-bond donors (Lipinski definition) is 0. The monoisotopic (exact) mass is 291 g/mol. The van der Waals surface area contributed by atoms with Crippen molar-refractivity contribution in [2.45, 2.75) is 0 Å². The summed E-state index contributed by atoms with van der Waals surface area (Å²) in [7, 11) is 1.34. The molecule has 0 radical (unpaired) electrons. The Kier molecular flexibility index (Phi) is 5.39. The van der Waals surface area contributed by atoms with Crippen LogP contribution in [0.3, 0.4) is 0 Å². The van der Waals surface area contributed by atoms with Gasteiger partial charge in [0, 0.05) is 0 Å². The van der Waals surface area contributed by atoms with E-state index in [9.17, 15) is 4.79 Å². The molecule has 0 aromatic heterocycles. The van der Waals surface area contributed by atoms with Crippen molar-refractivity contribution in [2.24, 2.45) is 0 Å². The molecule has 0 N–H and O–H groups in total. The first-order chi connectivity index (χ1) is 10.8. The summed E-state index contributed by atoms with van der Waals surface area (Å²) in [6.45, 7) is 0.156. The number of methoxy groups -OCH3 is 1. The molecule has 0 atom stereocenters. The highest BCUT2D eigenvalue weighted by atomic mass is 16.5. The molecule has 0 saturated carbocycles. The molecule has 2 aromatic carbocycles. The van der Waals surface area contributed by atoms with Gasteiger partial charge in [0.1, 0.15) is 0 Å². The highest BCUT2D eigenvalue weighted by molar-refractivity contribution is 5.92. The van der Waals surface area contributed by atoms with Gasteiger partial charge in [0.15, 0.2) is 0 Å². The second-order valence-corrected chi connectivity index (χ2v) is 4.56. The Morgan fingerprint density at radius 2 is 1.82 bits per heavy atom. The Morgan fingerprint density at radius 3 is 2.50 bits per heavy atom. The number of hydrogen-bond acceptors (Lipinski definition) is 2. The lowest BCUT2D eigenvalue weighted by Crippen LogP contribution is -2.31. The van der Waals surface area contributed by atoms with E-state index in [2.05, 4.69) is 5.92 Å². The van der Waals surface area contributed by atoms with Crippen molar-refractivity contribution in [3.8, 4) is 12.3 Å². The molecule has 2 aromatic rings. The first-order valence-electron chi connectivity index (χ1n) is 6.87. The molecule has 2 rings (SSSR count). The third-order valence-electron chi connectivity index (χ3n) is 3.13. The van der Waals surface area contributed by atoms with Crippen LogP contribution in [0.4, 0.5) is 10.5 Å². The van der Waals surface area contributed by atoms with E-state index in [4.69, 9.17) is 11.2 Å². The molecule has 3 nitrogen and oxygen atoms in total. The van der Waals surface area contributed by atoms with Crippen molar-refractivity contribution >= 4 is 23.9 Å². The number of benzene rings is 2. The first kappa shape index (κ1) is 15.4. The number of ether oxygens (including phenoxy) is 1. The molecule has 0 fully saturated rings. The first-order valence-corrected chi connectivity index (χ1v) is 6.87. The Bertz CT molecular complexity index is 699. The van der Waals surface area contributed by atoms with Gasteiger partial charge < -0.3 is 4.74 Å². The van der Waals surface area contributed by atoms with Crippen molar-refractivity contribution in [3.05, 3.63) is 65.7 Å². The number of terminal acetylenes is 1. The van der Waals surface area contributed by atoms with E-state index in [1.807, 2.05) is 66.7 Å². The van der Waals surface area contributed by atoms with E-state index < -0.39 is 6.09 Å². The normalized spacial score (nSPS) is 10.2. The molecule has 0 aliphatic carbocycles. The average molecular weight is 291 g/mol. The van der Waals surface area contributed by atoms with Crippen LogP contribution in [-0.4, -0.2) is 19.7 Å². The molecule has 22 heavy (non-hydrogen) atoms. The van der Waals surface area contributed by atoms with Crippen molar-refractivity contribution in [3.63, 3.8) is 0 Å². The zero-order valence-electron chi connectivity index (χ0n) is 12.4. The number of carbonyl (C=O) groups is 1. The van der Waals surface area contributed by atoms with Gasteiger partial charge in [-0.05, 0) is 17.2 Å². The largest absolute Gasteiger partial charge is 0.452 e. The Balaban J connectivity index is 2.35. The lowest BCUT2D eigenvalue weighted by molar-refractivity contribution is 0.179. The molecule has 3 heteroatoms. The van der Waals surface area contributed by atoms with Crippen LogP contribution < -0.4 is 4.90 Å². The van der Waals surface area contributed by atoms with Gasteiger partial charge in [-0.25, -0.2) is 4.79 Å². The minimum atomic E-state index is -0.474. The van der Waals surface area contributed by atoms with E-state index in [0.29, 0.717) is 0 Å². The summed E-state index contributed by atoms with van der Waals surface area (Å²) in [6.07, 6.45) is 8.83. The minimum absolute atomic E-state index is 0.156. The second-order valence-electron chi connectivity index (χ2n) is 4.56. The predicted molar refractivity (Wildman–Crippen MR) is 90.4 cm³/mol. The molecule has 0 saturated heterocycles. The molecular weight excluding hydrogens is 274 g/mol. The zero-order chi connectivity index (χ0) is 15.8. The summed E-state index contributed by atoms with van der Waals surface area (Å²) in [5, 5.41) is 0. The number of nitrogens with zero attached hydrogens (tertiary/aromatic N) is 1. The maximum absolute atomic E-state index is 11.9. The minimum Gasteiger partial charge on any atom is -0.452 e. The number of para-hydroxylation sites is 1. The van der Waals surface area contributed by atoms with E-state index in [0.717, 1.165) is 16.8 Å². The van der Waals surface area contributed by atoms with Gasteiger partial charge >= 0.3 is 6.09 Å². The van der Waals surface area contributed by atoms with Crippen molar-refractivity contribution < 1.29 is 9.53 Å². The molecule has 1 amide bonds. The van der Waals surface area contributed by atoms with Crippen LogP contribution in [0.5, 0.6) is 0 Å². The topological polar surface area (TPSA) is 29.5 Å². The average Bonchev–Trinajstić information content (AvgIpc) is 2.58. The fourth-order valence-electron chi connectivity index (χ4n) is 2.07. The number of carbonyl (C=O) groups excluding carboxylic acids is 1. The van der Waals surface area contributed by atoms with Gasteiger partial charge in [0.05, 0.1) is 19.3 Å². The van der Waals surface area contributed by atoms with E-state index in [1.165, 1.54) is 12.0 Å². The maximum Gasteiger partial charge on any atom is 0.414 e. The maximum atomic E-state index is 11.9. The van der Waals surface area contributed by atoms with E-state index in [-0.39, 0.29) is 6.54 Å². The van der Waals surface area contributed by atoms with Crippen LogP contribution in [0.1, 0.15) is 11.1 Å². The molecule has 0 aliphatic heterocycles. The SMILES string of the molecule is C#CCN(C(=O)OC)c1ccccc1/C=C/c1ccccc1. The zero-order valence-corrected chi connectivity index (χ0v) is 12.4. The highest BCUT2D eigenvalue weighted by Crippen LogP contribution is 2.23. The number of anilines is 1. The van der Waals surface area contributed by atoms with Gasteiger partial charge in [0.2, 0.25) is 0 Å². The smallest absolute Gasteiger partial charge is 0.414 e. The van der Waals surface area contributed by atoms with Gasteiger partial charge in [-0.15, -0.1) is 6.42 Å². The fraction of sp³-hybridized carbons (Fsp3) is 0.105. The fourth-order valence-corrected chi connectivity index (χ4v) is 2.07. The third-order valence-corrected chi connectivity index (χ3v) is 3.13. The molecule has 0 heterocycles. The van der Waals surface area contributed by atoms with E-state index >= 15 is 0 Å². The molecule has 0 bridgehead atoms. The Morgan fingerprint density at radius 1 is 1.14 bits per heavy atom. The molecular formula is C19H17NO2. The lowest BCUT2D eigenvalue weighted by atomic mass is 10.1. The number of amides is 1. The predicted octanol–water partition coefficient (Wildman–Crippen LogP) is 4.06. The Hall–Kier alpha value is -2.99. The summed E-state index contributed by atoms with van der Waals surface area (Å²) in [4.78, 5) is 13.3. The standard InChI is InChI=1S/C19H17NO2/c1-3-15-20(19(21)22-2)18-12-8-7-11-17(18)14-13-16-9-5-4-6-10-16/h1,4-14H,15H2,2H3/b14-13+. The van der Waals surface area contributed by atoms with Crippen LogP contribution in [0.15, 0.2) is 54.6 Å². The van der Waals surface area contributed by atoms with Gasteiger partial charge in [-0.2, -0.15) is 0 Å². The summed E-state index contributed by atoms with van der Waals surface area (Å²) in [5.74, 6) is 2.48. The van der Waals surface area contributed by atoms with Gasteiger partial charge in [-0.1, -0.05) is 66.6 Å². The quantitative estimate of drug-likeness (QED) is 0.628. The Labute approximate surface area is 130 Å². The summed E-state index contributed by atoms with van der Waals surface area (Å²) in [6, 6.07) is 17.5. The van der Waals surface area contributed by atoms with Gasteiger partial charge in [0.25, 0.3) is 0 Å². The van der Waals surface area contributed by atoms with Crippen LogP contribution in [0.25, 0.3) is 12.2 Å². The van der Waals surface area contributed by atoms with Crippen LogP contribution in [-0.2, 0) is 4.74 Å². The second kappa shape index (κ2) is 7.70. The summed E-state index contributed by atoms with van der Waals surface area (Å²) < 4.78 is 4.80. The molecule has 0 unspecified atom stereocenters. The van der Waals surface area contributed by atoms with Crippen LogP contribution in [0, 0.1) is 12.3 Å². The third kappa shape index (κ3) is 3.77. The van der Waals surface area contributed by atoms with Crippen molar-refractivity contribution in [1.82, 2.24) is 0 Å². The summed E-state index contributed by atoms with van der Waals surface area (Å²) >= 11 is 0. The van der Waals surface area contributed by atoms with Crippen molar-refractivity contribution in [1.29, 1.82) is 0 Å². The van der Waals surface area contributed by atoms with Crippen LogP contribution in [0.2, 0.25) is 0 Å². The molecule has 0 spiro atoms. The summed E-state index contributed by atoms with van der Waals surface area (Å²) in [5.41, 5.74) is 2.70. The molecule has 110 valence electrons. The van der Waals surface area contributed by atoms with Gasteiger partial charge in [-0.3, -0.25) is 4.90 Å². The molecule has 0 aliphatic rings.